The van der Waals surface area contributed by atoms with E-state index in [0.29, 0.717) is 0 Å². The fourth-order valence-electron chi connectivity index (χ4n) is 2.03. The van der Waals surface area contributed by atoms with Crippen molar-refractivity contribution in [3.63, 3.8) is 0 Å². The molecule has 2 aromatic rings. The molecule has 2 heterocycles. The van der Waals surface area contributed by atoms with Gasteiger partial charge < -0.3 is 5.32 Å². The van der Waals surface area contributed by atoms with Crippen LogP contribution in [0.4, 0.5) is 0 Å². The molecule has 0 atom stereocenters. The van der Waals surface area contributed by atoms with Gasteiger partial charge >= 0.3 is 0 Å². The van der Waals surface area contributed by atoms with Gasteiger partial charge in [-0.1, -0.05) is 0 Å². The Bertz CT molecular complexity index is 543. The lowest BCUT2D eigenvalue weighted by molar-refractivity contribution is 0.530. The minimum Gasteiger partial charge on any atom is -0.309 e. The summed E-state index contributed by atoms with van der Waals surface area (Å²) in [6.07, 6.45) is 3.93. The number of aryl methyl sites for hydroxylation is 3. The van der Waals surface area contributed by atoms with Gasteiger partial charge in [-0.25, -0.2) is 0 Å². The van der Waals surface area contributed by atoms with Crippen molar-refractivity contribution in [3.8, 4) is 0 Å². The molecule has 19 heavy (non-hydrogen) atoms. The molecule has 0 radical (unpaired) electrons. The van der Waals surface area contributed by atoms with E-state index >= 15 is 0 Å². The van der Waals surface area contributed by atoms with Crippen LogP contribution in [0, 0.1) is 13.8 Å². The van der Waals surface area contributed by atoms with Crippen LogP contribution in [-0.2, 0) is 19.6 Å². The van der Waals surface area contributed by atoms with E-state index in [-0.39, 0.29) is 0 Å². The Labute approximate surface area is 122 Å². The van der Waals surface area contributed by atoms with E-state index < -0.39 is 0 Å². The molecule has 2 aromatic heterocycles. The van der Waals surface area contributed by atoms with Gasteiger partial charge in [0.1, 0.15) is 0 Å². The van der Waals surface area contributed by atoms with Gasteiger partial charge in [-0.15, -0.1) is 0 Å². The van der Waals surface area contributed by atoms with E-state index in [1.807, 2.05) is 22.5 Å². The minimum absolute atomic E-state index is 0.815. The average Bonchev–Trinajstić information content (AvgIpc) is 2.92. The summed E-state index contributed by atoms with van der Waals surface area (Å²) in [6, 6.07) is 0. The average molecular weight is 326 g/mol. The first kappa shape index (κ1) is 14.3. The largest absolute Gasteiger partial charge is 0.309 e. The van der Waals surface area contributed by atoms with Crippen LogP contribution in [0.15, 0.2) is 16.9 Å². The third-order valence-corrected chi connectivity index (χ3v) is 4.06. The molecule has 0 aliphatic heterocycles. The van der Waals surface area contributed by atoms with E-state index in [0.717, 1.165) is 36.3 Å². The van der Waals surface area contributed by atoms with Crippen LogP contribution in [0.5, 0.6) is 0 Å². The summed E-state index contributed by atoms with van der Waals surface area (Å²) in [7, 11) is 0. The number of aromatic nitrogens is 4. The lowest BCUT2D eigenvalue weighted by Crippen LogP contribution is -2.21. The standard InChI is InChI=1S/C13H20BrN5/c1-4-19-12(13(14)11(3)17-19)8-15-5-6-18-9-10(2)7-16-18/h7,9,15H,4-6,8H2,1-3H3. The lowest BCUT2D eigenvalue weighted by atomic mass is 10.3. The normalized spacial score (nSPS) is 11.2. The molecule has 0 spiro atoms. The second kappa shape index (κ2) is 6.34. The Morgan fingerprint density at radius 3 is 2.79 bits per heavy atom. The molecule has 0 saturated carbocycles. The van der Waals surface area contributed by atoms with E-state index in [9.17, 15) is 0 Å². The van der Waals surface area contributed by atoms with Crippen LogP contribution in [0.25, 0.3) is 0 Å². The second-order valence-corrected chi connectivity index (χ2v) is 5.41. The van der Waals surface area contributed by atoms with Gasteiger partial charge in [0.05, 0.1) is 28.6 Å². The van der Waals surface area contributed by atoms with Gasteiger partial charge in [0.25, 0.3) is 0 Å². The minimum atomic E-state index is 0.815. The van der Waals surface area contributed by atoms with Crippen LogP contribution in [0.3, 0.4) is 0 Å². The highest BCUT2D eigenvalue weighted by molar-refractivity contribution is 9.10. The van der Waals surface area contributed by atoms with Gasteiger partial charge in [0.15, 0.2) is 0 Å². The van der Waals surface area contributed by atoms with Gasteiger partial charge in [-0.05, 0) is 42.3 Å². The highest BCUT2D eigenvalue weighted by Crippen LogP contribution is 2.20. The van der Waals surface area contributed by atoms with E-state index in [4.69, 9.17) is 0 Å². The van der Waals surface area contributed by atoms with Crippen molar-refractivity contribution in [3.05, 3.63) is 33.8 Å². The Balaban J connectivity index is 1.85. The van der Waals surface area contributed by atoms with Gasteiger partial charge in [0.2, 0.25) is 0 Å². The molecule has 104 valence electrons. The summed E-state index contributed by atoms with van der Waals surface area (Å²) in [5, 5.41) is 12.2. The molecule has 2 rings (SSSR count). The van der Waals surface area contributed by atoms with Crippen molar-refractivity contribution in [1.82, 2.24) is 24.9 Å². The Kier molecular flexibility index (Phi) is 4.76. The molecule has 0 aromatic carbocycles. The third-order valence-electron chi connectivity index (χ3n) is 3.03. The zero-order chi connectivity index (χ0) is 13.8. The first-order chi connectivity index (χ1) is 9.11. The van der Waals surface area contributed by atoms with E-state index in [1.165, 1.54) is 11.3 Å². The van der Waals surface area contributed by atoms with Crippen molar-refractivity contribution >= 4 is 15.9 Å². The lowest BCUT2D eigenvalue weighted by Gasteiger charge is -2.07. The molecule has 0 aliphatic carbocycles. The van der Waals surface area contributed by atoms with Crippen LogP contribution in [0.2, 0.25) is 0 Å². The zero-order valence-electron chi connectivity index (χ0n) is 11.6. The van der Waals surface area contributed by atoms with Crippen molar-refractivity contribution in [2.45, 2.75) is 40.4 Å². The fourth-order valence-corrected chi connectivity index (χ4v) is 2.45. The van der Waals surface area contributed by atoms with Crippen molar-refractivity contribution in [2.75, 3.05) is 6.54 Å². The maximum absolute atomic E-state index is 4.48. The van der Waals surface area contributed by atoms with Gasteiger partial charge in [0, 0.05) is 25.8 Å². The number of hydrogen-bond acceptors (Lipinski definition) is 3. The van der Waals surface area contributed by atoms with Gasteiger partial charge in [-0.3, -0.25) is 9.36 Å². The monoisotopic (exact) mass is 325 g/mol. The molecule has 0 saturated heterocycles. The molecule has 0 fully saturated rings. The summed E-state index contributed by atoms with van der Waals surface area (Å²) in [5.41, 5.74) is 3.44. The number of hydrogen-bond donors (Lipinski definition) is 1. The van der Waals surface area contributed by atoms with Crippen molar-refractivity contribution < 1.29 is 0 Å². The quantitative estimate of drug-likeness (QED) is 0.829. The summed E-state index contributed by atoms with van der Waals surface area (Å²) in [6.45, 7) is 9.65. The van der Waals surface area contributed by atoms with Crippen molar-refractivity contribution in [2.24, 2.45) is 0 Å². The van der Waals surface area contributed by atoms with Crippen LogP contribution in [0.1, 0.15) is 23.9 Å². The number of halogens is 1. The molecular formula is C13H20BrN5. The van der Waals surface area contributed by atoms with E-state index in [2.05, 4.69) is 51.5 Å². The van der Waals surface area contributed by atoms with Crippen LogP contribution < -0.4 is 5.32 Å². The smallest absolute Gasteiger partial charge is 0.0739 e. The summed E-state index contributed by atoms with van der Waals surface area (Å²) in [5.74, 6) is 0. The summed E-state index contributed by atoms with van der Waals surface area (Å²) in [4.78, 5) is 0. The van der Waals surface area contributed by atoms with Crippen LogP contribution >= 0.6 is 15.9 Å². The third kappa shape index (κ3) is 3.45. The Morgan fingerprint density at radius 1 is 1.37 bits per heavy atom. The number of rotatable bonds is 6. The molecule has 5 nitrogen and oxygen atoms in total. The molecule has 0 unspecified atom stereocenters. The SMILES string of the molecule is CCn1nc(C)c(Br)c1CNCCn1cc(C)cn1. The molecule has 1 N–H and O–H groups in total. The summed E-state index contributed by atoms with van der Waals surface area (Å²) >= 11 is 3.60. The molecule has 0 amide bonds. The molecule has 0 bridgehead atoms. The number of nitrogens with one attached hydrogen (secondary N) is 1. The van der Waals surface area contributed by atoms with Crippen molar-refractivity contribution in [1.29, 1.82) is 0 Å². The van der Waals surface area contributed by atoms with Crippen LogP contribution in [-0.4, -0.2) is 26.1 Å². The number of nitrogens with zero attached hydrogens (tertiary/aromatic N) is 4. The second-order valence-electron chi connectivity index (χ2n) is 4.62. The zero-order valence-corrected chi connectivity index (χ0v) is 13.2. The fraction of sp³-hybridized carbons (Fsp3) is 0.538. The maximum Gasteiger partial charge on any atom is 0.0739 e. The molecule has 6 heteroatoms. The predicted molar refractivity (Wildman–Crippen MR) is 79.0 cm³/mol. The van der Waals surface area contributed by atoms with E-state index in [1.54, 1.807) is 0 Å². The predicted octanol–water partition coefficient (Wildman–Crippen LogP) is 2.27. The highest BCUT2D eigenvalue weighted by Gasteiger charge is 2.11. The molecular weight excluding hydrogens is 306 g/mol. The van der Waals surface area contributed by atoms with Gasteiger partial charge in [-0.2, -0.15) is 10.2 Å². The first-order valence-electron chi connectivity index (χ1n) is 6.53. The first-order valence-corrected chi connectivity index (χ1v) is 7.32. The molecule has 0 aliphatic rings. The highest BCUT2D eigenvalue weighted by atomic mass is 79.9. The Hall–Kier alpha value is -1.14. The maximum atomic E-state index is 4.48. The Morgan fingerprint density at radius 2 is 2.16 bits per heavy atom. The summed E-state index contributed by atoms with van der Waals surface area (Å²) < 4.78 is 5.10. The topological polar surface area (TPSA) is 47.7 Å².